The summed E-state index contributed by atoms with van der Waals surface area (Å²) in [5.74, 6) is -3.35. The van der Waals surface area contributed by atoms with Gasteiger partial charge in [-0.15, -0.1) is 0 Å². The molecular weight excluding hydrogens is 444 g/mol. The van der Waals surface area contributed by atoms with E-state index < -0.39 is 29.1 Å². The molecule has 0 heterocycles. The van der Waals surface area contributed by atoms with Gasteiger partial charge < -0.3 is 9.47 Å². The fourth-order valence-electron chi connectivity index (χ4n) is 3.61. The Hall–Kier alpha value is -3.02. The van der Waals surface area contributed by atoms with Crippen LogP contribution in [0.15, 0.2) is 60.7 Å². The Morgan fingerprint density at radius 2 is 1.24 bits per heavy atom. The molecule has 0 aliphatic rings. The van der Waals surface area contributed by atoms with Crippen LogP contribution in [0, 0.1) is 11.6 Å². The van der Waals surface area contributed by atoms with Crippen molar-refractivity contribution in [3.63, 3.8) is 0 Å². The molecule has 0 N–H and O–H groups in total. The smallest absolute Gasteiger partial charge is 0.432 e. The van der Waals surface area contributed by atoms with Gasteiger partial charge in [0.05, 0.1) is 0 Å². The fraction of sp³-hybridized carbons (Fsp3) is 0.357. The zero-order chi connectivity index (χ0) is 24.6. The number of rotatable bonds is 12. The van der Waals surface area contributed by atoms with E-state index in [2.05, 4.69) is 13.8 Å². The van der Waals surface area contributed by atoms with Crippen molar-refractivity contribution in [2.75, 3.05) is 0 Å². The van der Waals surface area contributed by atoms with Gasteiger partial charge in [0.1, 0.15) is 22.9 Å². The summed E-state index contributed by atoms with van der Waals surface area (Å²) in [6, 6.07) is 14.8. The Morgan fingerprint density at radius 3 is 1.82 bits per heavy atom. The summed E-state index contributed by atoms with van der Waals surface area (Å²) in [5.41, 5.74) is 0.583. The van der Waals surface area contributed by atoms with Gasteiger partial charge in [0.15, 0.2) is 11.6 Å². The molecule has 0 saturated carbocycles. The summed E-state index contributed by atoms with van der Waals surface area (Å²) in [6.07, 6.45) is 2.74. The number of hydrogen-bond acceptors (Lipinski definition) is 2. The summed E-state index contributed by atoms with van der Waals surface area (Å²) >= 11 is 0. The van der Waals surface area contributed by atoms with Crippen LogP contribution >= 0.6 is 0 Å². The average Bonchev–Trinajstić information content (AvgIpc) is 2.81. The van der Waals surface area contributed by atoms with E-state index in [9.17, 15) is 17.6 Å². The van der Waals surface area contributed by atoms with Crippen molar-refractivity contribution in [2.24, 2.45) is 0 Å². The zero-order valence-corrected chi connectivity index (χ0v) is 19.6. The second-order valence-corrected chi connectivity index (χ2v) is 8.30. The van der Waals surface area contributed by atoms with E-state index in [-0.39, 0.29) is 11.5 Å². The van der Waals surface area contributed by atoms with Gasteiger partial charge in [0.2, 0.25) is 0 Å². The summed E-state index contributed by atoms with van der Waals surface area (Å²) in [7, 11) is 0. The average molecular weight is 475 g/mol. The van der Waals surface area contributed by atoms with Crippen molar-refractivity contribution in [2.45, 2.75) is 64.9 Å². The molecule has 34 heavy (non-hydrogen) atoms. The van der Waals surface area contributed by atoms with Crippen molar-refractivity contribution in [1.82, 2.24) is 0 Å². The monoisotopic (exact) mass is 474 g/mol. The lowest BCUT2D eigenvalue weighted by Gasteiger charge is -2.20. The third-order valence-corrected chi connectivity index (χ3v) is 5.56. The van der Waals surface area contributed by atoms with E-state index in [4.69, 9.17) is 9.47 Å². The second kappa shape index (κ2) is 11.9. The molecular formula is C28H30F4O2. The Bertz CT molecular complexity index is 1050. The number of alkyl halides is 2. The van der Waals surface area contributed by atoms with Crippen LogP contribution in [-0.4, -0.2) is 0 Å². The Labute approximate surface area is 198 Å². The number of ether oxygens (including phenoxy) is 2. The molecule has 0 amide bonds. The topological polar surface area (TPSA) is 18.5 Å². The van der Waals surface area contributed by atoms with E-state index >= 15 is 0 Å². The number of unbranched alkanes of at least 4 members (excludes halogenated alkanes) is 3. The highest BCUT2D eigenvalue weighted by atomic mass is 19.3. The molecule has 0 atom stereocenters. The van der Waals surface area contributed by atoms with Crippen LogP contribution < -0.4 is 9.47 Å². The Kier molecular flexibility index (Phi) is 8.97. The Morgan fingerprint density at radius 1 is 0.676 bits per heavy atom. The molecule has 2 nitrogen and oxygen atoms in total. The van der Waals surface area contributed by atoms with Crippen LogP contribution in [0.25, 0.3) is 0 Å². The number of hydrogen-bond donors (Lipinski definition) is 0. The lowest BCUT2D eigenvalue weighted by molar-refractivity contribution is -0.189. The fourth-order valence-corrected chi connectivity index (χ4v) is 3.61. The largest absolute Gasteiger partial charge is 0.454 e. The van der Waals surface area contributed by atoms with E-state index in [1.54, 1.807) is 24.3 Å². The van der Waals surface area contributed by atoms with Crippen LogP contribution in [0.4, 0.5) is 17.6 Å². The first kappa shape index (κ1) is 25.6. The van der Waals surface area contributed by atoms with Gasteiger partial charge in [-0.25, -0.2) is 8.78 Å². The molecule has 0 radical (unpaired) electrons. The maximum Gasteiger partial charge on any atom is 0.432 e. The van der Waals surface area contributed by atoms with Crippen LogP contribution in [0.3, 0.4) is 0 Å². The van der Waals surface area contributed by atoms with Gasteiger partial charge in [-0.1, -0.05) is 57.4 Å². The number of halogens is 4. The molecule has 6 heteroatoms. The van der Waals surface area contributed by atoms with Crippen LogP contribution in [0.5, 0.6) is 17.2 Å². The van der Waals surface area contributed by atoms with Crippen molar-refractivity contribution < 1.29 is 27.0 Å². The van der Waals surface area contributed by atoms with Gasteiger partial charge in [-0.3, -0.25) is 0 Å². The molecule has 0 fully saturated rings. The minimum Gasteiger partial charge on any atom is -0.454 e. The van der Waals surface area contributed by atoms with E-state index in [1.807, 2.05) is 12.1 Å². The normalized spacial score (nSPS) is 11.5. The SMILES string of the molecule is CCCCCc1ccc(OC(F)(F)c2c(F)ccc(Oc3ccc(CCCC)cc3)c2F)cc1. The highest BCUT2D eigenvalue weighted by Gasteiger charge is 2.42. The molecule has 3 aromatic rings. The molecule has 0 aliphatic heterocycles. The van der Waals surface area contributed by atoms with Crippen LogP contribution in [-0.2, 0) is 19.0 Å². The summed E-state index contributed by atoms with van der Waals surface area (Å²) in [4.78, 5) is 0. The molecule has 0 spiro atoms. The lowest BCUT2D eigenvalue weighted by Crippen LogP contribution is -2.25. The van der Waals surface area contributed by atoms with Gasteiger partial charge in [-0.2, -0.15) is 8.78 Å². The van der Waals surface area contributed by atoms with E-state index in [1.165, 1.54) is 12.1 Å². The molecule has 182 valence electrons. The quantitative estimate of drug-likeness (QED) is 0.193. The summed E-state index contributed by atoms with van der Waals surface area (Å²) < 4.78 is 69.1. The third-order valence-electron chi connectivity index (χ3n) is 5.56. The highest BCUT2D eigenvalue weighted by molar-refractivity contribution is 5.39. The predicted molar refractivity (Wildman–Crippen MR) is 126 cm³/mol. The van der Waals surface area contributed by atoms with E-state index in [0.717, 1.165) is 68.2 Å². The second-order valence-electron chi connectivity index (χ2n) is 8.30. The molecule has 0 aliphatic carbocycles. The molecule has 0 unspecified atom stereocenters. The van der Waals surface area contributed by atoms with Gasteiger partial charge in [-0.05, 0) is 73.2 Å². The van der Waals surface area contributed by atoms with Gasteiger partial charge in [0, 0.05) is 0 Å². The zero-order valence-electron chi connectivity index (χ0n) is 19.6. The summed E-state index contributed by atoms with van der Waals surface area (Å²) in [5, 5.41) is 0. The van der Waals surface area contributed by atoms with E-state index in [0.29, 0.717) is 0 Å². The first-order chi connectivity index (χ1) is 16.3. The minimum atomic E-state index is -4.23. The molecule has 0 aromatic heterocycles. The van der Waals surface area contributed by atoms with Crippen LogP contribution in [0.2, 0.25) is 0 Å². The molecule has 0 saturated heterocycles. The van der Waals surface area contributed by atoms with Crippen molar-refractivity contribution >= 4 is 0 Å². The Balaban J connectivity index is 1.76. The lowest BCUT2D eigenvalue weighted by atomic mass is 10.1. The van der Waals surface area contributed by atoms with Crippen molar-refractivity contribution in [3.05, 3.63) is 89.0 Å². The van der Waals surface area contributed by atoms with Crippen molar-refractivity contribution in [3.8, 4) is 17.2 Å². The van der Waals surface area contributed by atoms with Crippen molar-refractivity contribution in [1.29, 1.82) is 0 Å². The highest BCUT2D eigenvalue weighted by Crippen LogP contribution is 2.39. The first-order valence-corrected chi connectivity index (χ1v) is 11.7. The van der Waals surface area contributed by atoms with Crippen LogP contribution in [0.1, 0.15) is 62.6 Å². The third kappa shape index (κ3) is 6.75. The standard InChI is InChI=1S/C28H30F4O2/c1-3-5-7-9-21-12-16-23(17-13-21)34-28(31,32)26-24(29)18-19-25(27(26)30)33-22-14-10-20(11-15-22)8-6-4-2/h10-19H,3-9H2,1-2H3. The maximum atomic E-state index is 15.0. The number of aryl methyl sites for hydroxylation is 2. The maximum absolute atomic E-state index is 15.0. The molecule has 3 rings (SSSR count). The summed E-state index contributed by atoms with van der Waals surface area (Å²) in [6.45, 7) is 4.19. The van der Waals surface area contributed by atoms with Gasteiger partial charge in [0.25, 0.3) is 0 Å². The first-order valence-electron chi connectivity index (χ1n) is 11.7. The molecule has 0 bridgehead atoms. The van der Waals surface area contributed by atoms with Gasteiger partial charge >= 0.3 is 6.11 Å². The molecule has 3 aromatic carbocycles. The number of benzene rings is 3. The minimum absolute atomic E-state index is 0.183. The predicted octanol–water partition coefficient (Wildman–Crippen LogP) is 8.96.